The predicted octanol–water partition coefficient (Wildman–Crippen LogP) is 5.04. The van der Waals surface area contributed by atoms with Gasteiger partial charge in [-0.3, -0.25) is 9.78 Å². The first-order chi connectivity index (χ1) is 13.1. The van der Waals surface area contributed by atoms with E-state index in [2.05, 4.69) is 31.0 Å². The van der Waals surface area contributed by atoms with Crippen LogP contribution in [-0.4, -0.2) is 22.4 Å². The lowest BCUT2D eigenvalue weighted by atomic mass is 10.00. The van der Waals surface area contributed by atoms with E-state index >= 15 is 0 Å². The van der Waals surface area contributed by atoms with Gasteiger partial charge in [-0.25, -0.2) is 4.98 Å². The van der Waals surface area contributed by atoms with E-state index in [0.29, 0.717) is 12.0 Å². The number of nitrogens with zero attached hydrogens (tertiary/aromatic N) is 2. The number of aryl methyl sites for hydroxylation is 2. The first kappa shape index (κ1) is 17.9. The number of aromatic nitrogens is 2. The van der Waals surface area contributed by atoms with Crippen LogP contribution in [-0.2, 0) is 6.42 Å². The van der Waals surface area contributed by atoms with Crippen LogP contribution in [0.1, 0.15) is 39.3 Å². The fourth-order valence-electron chi connectivity index (χ4n) is 3.19. The summed E-state index contributed by atoms with van der Waals surface area (Å²) in [5, 5.41) is 2.87. The number of rotatable bonds is 7. The molecule has 0 aliphatic heterocycles. The fourth-order valence-corrected chi connectivity index (χ4v) is 3.98. The van der Waals surface area contributed by atoms with Crippen molar-refractivity contribution in [3.63, 3.8) is 0 Å². The molecule has 0 saturated heterocycles. The van der Waals surface area contributed by atoms with Gasteiger partial charge < -0.3 is 4.74 Å². The third kappa shape index (κ3) is 4.25. The maximum absolute atomic E-state index is 12.4. The van der Waals surface area contributed by atoms with E-state index in [0.717, 1.165) is 45.7 Å². The number of carbonyl (C=O) groups is 1. The Balaban J connectivity index is 1.51. The molecule has 2 aromatic heterocycles. The van der Waals surface area contributed by atoms with Gasteiger partial charge in [0, 0.05) is 28.9 Å². The third-order valence-corrected chi connectivity index (χ3v) is 5.66. The van der Waals surface area contributed by atoms with Crippen LogP contribution in [0.15, 0.2) is 42.0 Å². The Morgan fingerprint density at radius 2 is 1.89 bits per heavy atom. The molecule has 3 aromatic rings. The van der Waals surface area contributed by atoms with Crippen molar-refractivity contribution in [2.75, 3.05) is 6.61 Å². The van der Waals surface area contributed by atoms with E-state index < -0.39 is 0 Å². The average Bonchev–Trinajstić information content (AvgIpc) is 3.39. The van der Waals surface area contributed by atoms with Crippen molar-refractivity contribution in [1.29, 1.82) is 0 Å². The summed E-state index contributed by atoms with van der Waals surface area (Å²) in [6.45, 7) is 5.00. The molecule has 2 heterocycles. The molecule has 4 rings (SSSR count). The van der Waals surface area contributed by atoms with Crippen LogP contribution in [0.3, 0.4) is 0 Å². The highest BCUT2D eigenvalue weighted by Crippen LogP contribution is 2.34. The molecular weight excluding hydrogens is 356 g/mol. The lowest BCUT2D eigenvalue weighted by Crippen LogP contribution is -2.03. The summed E-state index contributed by atoms with van der Waals surface area (Å²) in [6, 6.07) is 7.66. The first-order valence-electron chi connectivity index (χ1n) is 9.22. The van der Waals surface area contributed by atoms with Gasteiger partial charge in [0.25, 0.3) is 0 Å². The Morgan fingerprint density at radius 3 is 2.56 bits per heavy atom. The van der Waals surface area contributed by atoms with Crippen molar-refractivity contribution in [2.45, 2.75) is 33.1 Å². The highest BCUT2D eigenvalue weighted by atomic mass is 32.1. The number of benzene rings is 1. The van der Waals surface area contributed by atoms with Crippen molar-refractivity contribution in [3.05, 3.63) is 63.7 Å². The minimum Gasteiger partial charge on any atom is -0.493 e. The van der Waals surface area contributed by atoms with Gasteiger partial charge in [0.05, 0.1) is 18.7 Å². The Hall–Kier alpha value is -2.53. The Kier molecular flexibility index (Phi) is 5.03. The monoisotopic (exact) mass is 378 g/mol. The zero-order valence-corrected chi connectivity index (χ0v) is 16.4. The molecule has 27 heavy (non-hydrogen) atoms. The summed E-state index contributed by atoms with van der Waals surface area (Å²) >= 11 is 1.53. The summed E-state index contributed by atoms with van der Waals surface area (Å²) in [5.41, 5.74) is 5.04. The number of ketones is 1. The normalized spacial score (nSPS) is 13.6. The molecular formula is C22H22N2O2S. The van der Waals surface area contributed by atoms with Crippen LogP contribution in [0.25, 0.3) is 11.3 Å². The van der Waals surface area contributed by atoms with Crippen molar-refractivity contribution in [1.82, 2.24) is 9.97 Å². The predicted molar refractivity (Wildman–Crippen MR) is 108 cm³/mol. The molecule has 4 nitrogen and oxygen atoms in total. The number of carbonyl (C=O) groups excluding carboxylic acids is 1. The van der Waals surface area contributed by atoms with E-state index in [1.807, 2.05) is 5.38 Å². The highest BCUT2D eigenvalue weighted by Gasteiger charge is 2.22. The molecule has 1 aliphatic carbocycles. The van der Waals surface area contributed by atoms with Gasteiger partial charge in [0.1, 0.15) is 10.8 Å². The maximum atomic E-state index is 12.4. The quantitative estimate of drug-likeness (QED) is 0.541. The molecule has 0 N–H and O–H groups in total. The molecule has 1 saturated carbocycles. The van der Waals surface area contributed by atoms with Gasteiger partial charge in [-0.15, -0.1) is 11.3 Å². The molecule has 1 fully saturated rings. The lowest BCUT2D eigenvalue weighted by molar-refractivity contribution is 0.0993. The summed E-state index contributed by atoms with van der Waals surface area (Å²) in [4.78, 5) is 21.1. The number of pyridine rings is 1. The van der Waals surface area contributed by atoms with Crippen LogP contribution in [0.5, 0.6) is 5.75 Å². The number of thiazole rings is 1. The van der Waals surface area contributed by atoms with E-state index in [9.17, 15) is 4.79 Å². The second-order valence-corrected chi connectivity index (χ2v) is 8.09. The summed E-state index contributed by atoms with van der Waals surface area (Å²) < 4.78 is 5.92. The molecule has 1 aromatic carbocycles. The van der Waals surface area contributed by atoms with Gasteiger partial charge in [-0.2, -0.15) is 0 Å². The molecule has 0 bridgehead atoms. The van der Waals surface area contributed by atoms with Crippen molar-refractivity contribution >= 4 is 17.1 Å². The number of Topliss-reactive ketones (excluding diaryl/α,β-unsaturated/α-hetero) is 1. The number of hydrogen-bond donors (Lipinski definition) is 0. The van der Waals surface area contributed by atoms with Crippen LogP contribution < -0.4 is 4.74 Å². The van der Waals surface area contributed by atoms with Crippen LogP contribution in [0.4, 0.5) is 0 Å². The van der Waals surface area contributed by atoms with E-state index in [1.54, 1.807) is 24.5 Å². The molecule has 0 spiro atoms. The average molecular weight is 378 g/mol. The standard InChI is InChI=1S/C22H22N2O2S/c1-14-9-18(26-12-16-3-4-16)10-15(2)22(14)19-13-27-21(24-19)11-20(25)17-5-7-23-8-6-17/h5-10,13,16H,3-4,11-12H2,1-2H3. The largest absolute Gasteiger partial charge is 0.493 e. The van der Waals surface area contributed by atoms with Gasteiger partial charge in [0.2, 0.25) is 0 Å². The molecule has 138 valence electrons. The van der Waals surface area contributed by atoms with E-state index in [1.165, 1.54) is 24.2 Å². The summed E-state index contributed by atoms with van der Waals surface area (Å²) in [5.74, 6) is 1.74. The second kappa shape index (κ2) is 7.61. The van der Waals surface area contributed by atoms with Crippen LogP contribution >= 0.6 is 11.3 Å². The minimum atomic E-state index is 0.0653. The minimum absolute atomic E-state index is 0.0653. The number of hydrogen-bond acceptors (Lipinski definition) is 5. The topological polar surface area (TPSA) is 52.1 Å². The van der Waals surface area contributed by atoms with E-state index in [-0.39, 0.29) is 5.78 Å². The fraction of sp³-hybridized carbons (Fsp3) is 0.318. The number of ether oxygens (including phenoxy) is 1. The van der Waals surface area contributed by atoms with Crippen LogP contribution in [0, 0.1) is 19.8 Å². The van der Waals surface area contributed by atoms with Crippen molar-refractivity contribution in [2.24, 2.45) is 5.92 Å². The van der Waals surface area contributed by atoms with Gasteiger partial charge >= 0.3 is 0 Å². The molecule has 0 radical (unpaired) electrons. The summed E-state index contributed by atoms with van der Waals surface area (Å²) in [6.07, 6.45) is 6.17. The Labute approximate surface area is 163 Å². The smallest absolute Gasteiger partial charge is 0.169 e. The van der Waals surface area contributed by atoms with Gasteiger partial charge in [-0.1, -0.05) is 0 Å². The molecule has 1 aliphatic rings. The van der Waals surface area contributed by atoms with Gasteiger partial charge in [-0.05, 0) is 68.0 Å². The molecule has 0 amide bonds. The molecule has 5 heteroatoms. The van der Waals surface area contributed by atoms with Crippen LogP contribution in [0.2, 0.25) is 0 Å². The summed E-state index contributed by atoms with van der Waals surface area (Å²) in [7, 11) is 0. The Morgan fingerprint density at radius 1 is 1.19 bits per heavy atom. The molecule has 0 atom stereocenters. The highest BCUT2D eigenvalue weighted by molar-refractivity contribution is 7.10. The SMILES string of the molecule is Cc1cc(OCC2CC2)cc(C)c1-c1csc(CC(=O)c2ccncc2)n1. The second-order valence-electron chi connectivity index (χ2n) is 7.15. The van der Waals surface area contributed by atoms with Crippen molar-refractivity contribution in [3.8, 4) is 17.0 Å². The Bertz CT molecular complexity index is 938. The first-order valence-corrected chi connectivity index (χ1v) is 10.1. The van der Waals surface area contributed by atoms with Gasteiger partial charge in [0.15, 0.2) is 5.78 Å². The maximum Gasteiger partial charge on any atom is 0.169 e. The lowest BCUT2D eigenvalue weighted by Gasteiger charge is -2.12. The van der Waals surface area contributed by atoms with Crippen molar-refractivity contribution < 1.29 is 9.53 Å². The zero-order valence-electron chi connectivity index (χ0n) is 15.6. The van der Waals surface area contributed by atoms with E-state index in [4.69, 9.17) is 9.72 Å². The zero-order chi connectivity index (χ0) is 18.8. The molecule has 0 unspecified atom stereocenters. The third-order valence-electron chi connectivity index (χ3n) is 4.81.